The van der Waals surface area contributed by atoms with Crippen LogP contribution in [0.3, 0.4) is 0 Å². The third-order valence-corrected chi connectivity index (χ3v) is 3.14. The lowest BCUT2D eigenvalue weighted by atomic mass is 10.0. The van der Waals surface area contributed by atoms with E-state index >= 15 is 0 Å². The van der Waals surface area contributed by atoms with Crippen molar-refractivity contribution in [3.05, 3.63) is 46.3 Å². The molecule has 0 atom stereocenters. The van der Waals surface area contributed by atoms with E-state index < -0.39 is 0 Å². The lowest BCUT2D eigenvalue weighted by molar-refractivity contribution is 0.380. The first kappa shape index (κ1) is 11.6. The van der Waals surface area contributed by atoms with Crippen LogP contribution in [0.4, 0.5) is 0 Å². The van der Waals surface area contributed by atoms with Crippen molar-refractivity contribution in [2.24, 2.45) is 0 Å². The second-order valence-corrected chi connectivity index (χ2v) is 4.35. The van der Waals surface area contributed by atoms with Crippen LogP contribution < -0.4 is 10.2 Å². The summed E-state index contributed by atoms with van der Waals surface area (Å²) in [5.41, 5.74) is 0.110. The SMILES string of the molecule is COc1c(O)c2c(=O)cc(C)oc2c2ccccc12. The van der Waals surface area contributed by atoms with Crippen molar-refractivity contribution in [2.45, 2.75) is 6.92 Å². The number of aryl methyl sites for hydroxylation is 1. The number of benzene rings is 2. The minimum absolute atomic E-state index is 0.154. The summed E-state index contributed by atoms with van der Waals surface area (Å²) in [7, 11) is 1.46. The first-order valence-corrected chi connectivity index (χ1v) is 5.85. The molecule has 1 aromatic heterocycles. The Bertz CT molecular complexity index is 846. The molecule has 96 valence electrons. The summed E-state index contributed by atoms with van der Waals surface area (Å²) >= 11 is 0. The number of phenols is 1. The first-order chi connectivity index (χ1) is 9.13. The summed E-state index contributed by atoms with van der Waals surface area (Å²) in [6, 6.07) is 8.69. The highest BCUT2D eigenvalue weighted by atomic mass is 16.5. The number of methoxy groups -OCH3 is 1. The molecule has 0 fully saturated rings. The molecule has 1 heterocycles. The zero-order valence-electron chi connectivity index (χ0n) is 10.6. The largest absolute Gasteiger partial charge is 0.504 e. The summed E-state index contributed by atoms with van der Waals surface area (Å²) in [6.07, 6.45) is 0. The molecule has 0 bridgehead atoms. The maximum atomic E-state index is 12.1. The van der Waals surface area contributed by atoms with E-state index in [0.29, 0.717) is 22.5 Å². The average Bonchev–Trinajstić information content (AvgIpc) is 2.38. The zero-order chi connectivity index (χ0) is 13.6. The Kier molecular flexibility index (Phi) is 2.45. The summed E-state index contributed by atoms with van der Waals surface area (Å²) < 4.78 is 10.8. The normalized spacial score (nSPS) is 11.1. The van der Waals surface area contributed by atoms with Gasteiger partial charge in [0.2, 0.25) is 0 Å². The molecule has 0 aliphatic rings. The predicted octanol–water partition coefficient (Wildman–Crippen LogP) is 2.97. The lowest BCUT2D eigenvalue weighted by Crippen LogP contribution is -2.02. The zero-order valence-corrected chi connectivity index (χ0v) is 10.6. The Morgan fingerprint density at radius 1 is 1.21 bits per heavy atom. The van der Waals surface area contributed by atoms with Gasteiger partial charge in [0, 0.05) is 16.8 Å². The minimum atomic E-state index is -0.277. The van der Waals surface area contributed by atoms with Gasteiger partial charge in [0.1, 0.15) is 16.7 Å². The van der Waals surface area contributed by atoms with Crippen LogP contribution in [0.2, 0.25) is 0 Å². The van der Waals surface area contributed by atoms with E-state index in [1.807, 2.05) is 24.3 Å². The topological polar surface area (TPSA) is 59.7 Å². The maximum Gasteiger partial charge on any atom is 0.196 e. The monoisotopic (exact) mass is 256 g/mol. The molecule has 4 nitrogen and oxygen atoms in total. The molecule has 3 rings (SSSR count). The predicted molar refractivity (Wildman–Crippen MR) is 72.9 cm³/mol. The van der Waals surface area contributed by atoms with Crippen molar-refractivity contribution in [3.8, 4) is 11.5 Å². The van der Waals surface area contributed by atoms with Gasteiger partial charge in [-0.1, -0.05) is 24.3 Å². The van der Waals surface area contributed by atoms with Gasteiger partial charge >= 0.3 is 0 Å². The van der Waals surface area contributed by atoms with Crippen LogP contribution >= 0.6 is 0 Å². The van der Waals surface area contributed by atoms with E-state index in [1.54, 1.807) is 6.92 Å². The van der Waals surface area contributed by atoms with Crippen LogP contribution in [0.1, 0.15) is 5.76 Å². The highest BCUT2D eigenvalue weighted by Gasteiger charge is 2.18. The molecule has 0 saturated carbocycles. The third kappa shape index (κ3) is 1.57. The van der Waals surface area contributed by atoms with Crippen molar-refractivity contribution in [1.82, 2.24) is 0 Å². The standard InChI is InChI=1S/C15H12O4/c1-8-7-11(16)12-13(17)15(18-2)10-6-4-3-5-9(10)14(12)19-8/h3-7,17H,1-2H3. The quantitative estimate of drug-likeness (QED) is 0.680. The molecule has 3 aromatic rings. The molecule has 19 heavy (non-hydrogen) atoms. The van der Waals surface area contributed by atoms with Gasteiger partial charge in [0.15, 0.2) is 16.9 Å². The van der Waals surface area contributed by atoms with E-state index in [0.717, 1.165) is 5.39 Å². The molecule has 0 spiro atoms. The number of rotatable bonds is 1. The van der Waals surface area contributed by atoms with Crippen molar-refractivity contribution < 1.29 is 14.3 Å². The average molecular weight is 256 g/mol. The molecular weight excluding hydrogens is 244 g/mol. The Labute approximate surface area is 108 Å². The molecule has 0 aliphatic carbocycles. The van der Waals surface area contributed by atoms with Crippen LogP contribution in [0.15, 0.2) is 39.5 Å². The van der Waals surface area contributed by atoms with Crippen LogP contribution in [0.25, 0.3) is 21.7 Å². The summed E-state index contributed by atoms with van der Waals surface area (Å²) in [5.74, 6) is 0.622. The number of fused-ring (bicyclic) bond motifs is 3. The number of ether oxygens (including phenoxy) is 1. The number of hydrogen-bond donors (Lipinski definition) is 1. The van der Waals surface area contributed by atoms with Crippen LogP contribution in [-0.2, 0) is 0 Å². The number of phenolic OH excluding ortho intramolecular Hbond substituents is 1. The van der Waals surface area contributed by atoms with Crippen molar-refractivity contribution in [1.29, 1.82) is 0 Å². The molecule has 4 heteroatoms. The highest BCUT2D eigenvalue weighted by molar-refractivity contribution is 6.10. The second-order valence-electron chi connectivity index (χ2n) is 4.35. The summed E-state index contributed by atoms with van der Waals surface area (Å²) in [6.45, 7) is 1.71. The Morgan fingerprint density at radius 3 is 2.58 bits per heavy atom. The van der Waals surface area contributed by atoms with Crippen molar-refractivity contribution in [3.63, 3.8) is 0 Å². The maximum absolute atomic E-state index is 12.1. The van der Waals surface area contributed by atoms with Gasteiger partial charge in [0.25, 0.3) is 0 Å². The van der Waals surface area contributed by atoms with Crippen LogP contribution in [0.5, 0.6) is 11.5 Å². The highest BCUT2D eigenvalue weighted by Crippen LogP contribution is 2.41. The van der Waals surface area contributed by atoms with Gasteiger partial charge < -0.3 is 14.3 Å². The lowest BCUT2D eigenvalue weighted by Gasteiger charge is -2.11. The summed E-state index contributed by atoms with van der Waals surface area (Å²) in [5, 5.41) is 11.8. The third-order valence-electron chi connectivity index (χ3n) is 3.14. The Balaban J connectivity index is 2.71. The van der Waals surface area contributed by atoms with E-state index in [1.165, 1.54) is 13.2 Å². The van der Waals surface area contributed by atoms with Gasteiger partial charge in [-0.05, 0) is 6.92 Å². The molecule has 1 N–H and O–H groups in total. The van der Waals surface area contributed by atoms with E-state index in [4.69, 9.17) is 9.15 Å². The van der Waals surface area contributed by atoms with E-state index in [9.17, 15) is 9.90 Å². The fraction of sp³-hybridized carbons (Fsp3) is 0.133. The molecule has 2 aromatic carbocycles. The smallest absolute Gasteiger partial charge is 0.196 e. The van der Waals surface area contributed by atoms with Gasteiger partial charge in [0.05, 0.1) is 7.11 Å². The minimum Gasteiger partial charge on any atom is -0.504 e. The first-order valence-electron chi connectivity index (χ1n) is 5.85. The molecule has 0 aliphatic heterocycles. The second kappa shape index (κ2) is 4.02. The molecule has 0 unspecified atom stereocenters. The van der Waals surface area contributed by atoms with Crippen molar-refractivity contribution in [2.75, 3.05) is 7.11 Å². The fourth-order valence-electron chi connectivity index (χ4n) is 2.35. The van der Waals surface area contributed by atoms with E-state index in [-0.39, 0.29) is 16.6 Å². The van der Waals surface area contributed by atoms with Gasteiger partial charge in [-0.3, -0.25) is 4.79 Å². The van der Waals surface area contributed by atoms with Crippen LogP contribution in [0, 0.1) is 6.92 Å². The van der Waals surface area contributed by atoms with Gasteiger partial charge in [-0.15, -0.1) is 0 Å². The molecule has 0 saturated heterocycles. The fourth-order valence-corrected chi connectivity index (χ4v) is 2.35. The van der Waals surface area contributed by atoms with Crippen LogP contribution in [-0.4, -0.2) is 12.2 Å². The van der Waals surface area contributed by atoms with Gasteiger partial charge in [-0.25, -0.2) is 0 Å². The molecule has 0 amide bonds. The van der Waals surface area contributed by atoms with Gasteiger partial charge in [-0.2, -0.15) is 0 Å². The van der Waals surface area contributed by atoms with Crippen molar-refractivity contribution >= 4 is 21.7 Å². The number of hydrogen-bond acceptors (Lipinski definition) is 4. The molecular formula is C15H12O4. The van der Waals surface area contributed by atoms with E-state index in [2.05, 4.69) is 0 Å². The Hall–Kier alpha value is -2.49. The Morgan fingerprint density at radius 2 is 1.89 bits per heavy atom. The molecule has 0 radical (unpaired) electrons. The number of aromatic hydroxyl groups is 1. The summed E-state index contributed by atoms with van der Waals surface area (Å²) in [4.78, 5) is 12.1.